The Morgan fingerprint density at radius 1 is 1.27 bits per heavy atom. The minimum absolute atomic E-state index is 0.0586. The number of nitrogens with one attached hydrogen (secondary N) is 1. The SMILES string of the molecule is COc1cc(CN(C)C(=O)c2sc3ncnc(NCc4cscn4)c3c2C)ccn1. The molecule has 4 heterocycles. The molecule has 4 aromatic rings. The Labute approximate surface area is 181 Å². The van der Waals surface area contributed by atoms with Crippen LogP contribution >= 0.6 is 22.7 Å². The predicted molar refractivity (Wildman–Crippen MR) is 118 cm³/mol. The second kappa shape index (κ2) is 8.72. The van der Waals surface area contributed by atoms with Crippen molar-refractivity contribution in [1.82, 2.24) is 24.8 Å². The van der Waals surface area contributed by atoms with Crippen LogP contribution < -0.4 is 10.1 Å². The molecule has 0 bridgehead atoms. The van der Waals surface area contributed by atoms with E-state index in [0.717, 1.165) is 27.0 Å². The zero-order chi connectivity index (χ0) is 21.1. The number of ether oxygens (including phenoxy) is 1. The maximum atomic E-state index is 13.2. The number of thiazole rings is 1. The van der Waals surface area contributed by atoms with Crippen LogP contribution in [0.3, 0.4) is 0 Å². The zero-order valence-corrected chi connectivity index (χ0v) is 18.4. The van der Waals surface area contributed by atoms with Crippen molar-refractivity contribution in [2.24, 2.45) is 0 Å². The average Bonchev–Trinajstić information content (AvgIpc) is 3.40. The Bertz CT molecular complexity index is 1180. The van der Waals surface area contributed by atoms with Crippen molar-refractivity contribution in [3.05, 3.63) is 57.2 Å². The molecule has 0 radical (unpaired) electrons. The fraction of sp³-hybridized carbons (Fsp3) is 0.250. The molecule has 0 aliphatic rings. The van der Waals surface area contributed by atoms with E-state index >= 15 is 0 Å². The van der Waals surface area contributed by atoms with Crippen LogP contribution in [0.15, 0.2) is 35.5 Å². The number of methoxy groups -OCH3 is 1. The van der Waals surface area contributed by atoms with Crippen molar-refractivity contribution in [3.63, 3.8) is 0 Å². The van der Waals surface area contributed by atoms with Gasteiger partial charge in [-0.25, -0.2) is 19.9 Å². The van der Waals surface area contributed by atoms with Gasteiger partial charge in [-0.15, -0.1) is 22.7 Å². The number of aromatic nitrogens is 4. The van der Waals surface area contributed by atoms with Crippen molar-refractivity contribution < 1.29 is 9.53 Å². The normalized spacial score (nSPS) is 10.9. The number of carbonyl (C=O) groups excluding carboxylic acids is 1. The molecule has 4 rings (SSSR count). The summed E-state index contributed by atoms with van der Waals surface area (Å²) in [5.41, 5.74) is 4.57. The highest BCUT2D eigenvalue weighted by atomic mass is 32.1. The van der Waals surface area contributed by atoms with E-state index in [4.69, 9.17) is 4.74 Å². The number of rotatable bonds is 7. The summed E-state index contributed by atoms with van der Waals surface area (Å²) in [6, 6.07) is 3.70. The quantitative estimate of drug-likeness (QED) is 0.468. The van der Waals surface area contributed by atoms with Crippen LogP contribution in [0.1, 0.15) is 26.5 Å². The summed E-state index contributed by atoms with van der Waals surface area (Å²) in [6.45, 7) is 2.96. The van der Waals surface area contributed by atoms with Crippen LogP contribution in [-0.4, -0.2) is 44.9 Å². The largest absolute Gasteiger partial charge is 0.481 e. The lowest BCUT2D eigenvalue weighted by Gasteiger charge is -2.17. The van der Waals surface area contributed by atoms with Gasteiger partial charge in [-0.3, -0.25) is 4.79 Å². The maximum absolute atomic E-state index is 13.2. The summed E-state index contributed by atoms with van der Waals surface area (Å²) in [4.78, 5) is 33.4. The second-order valence-corrected chi connectivity index (χ2v) is 8.38. The van der Waals surface area contributed by atoms with Gasteiger partial charge in [0.05, 0.1) is 35.1 Å². The number of amides is 1. The number of fused-ring (bicyclic) bond motifs is 1. The molecule has 4 aromatic heterocycles. The summed E-state index contributed by atoms with van der Waals surface area (Å²) in [5, 5.41) is 6.18. The lowest BCUT2D eigenvalue weighted by molar-refractivity contribution is 0.0789. The van der Waals surface area contributed by atoms with Gasteiger partial charge in [0.25, 0.3) is 5.91 Å². The number of thiophene rings is 1. The molecule has 10 heteroatoms. The maximum Gasteiger partial charge on any atom is 0.264 e. The molecule has 0 aliphatic carbocycles. The summed E-state index contributed by atoms with van der Waals surface area (Å²) < 4.78 is 5.16. The van der Waals surface area contributed by atoms with Crippen LogP contribution in [0.25, 0.3) is 10.2 Å². The van der Waals surface area contributed by atoms with Gasteiger partial charge in [0, 0.05) is 31.2 Å². The first kappa shape index (κ1) is 20.2. The minimum Gasteiger partial charge on any atom is -0.481 e. The predicted octanol–water partition coefficient (Wildman–Crippen LogP) is 3.74. The van der Waals surface area contributed by atoms with Crippen LogP contribution in [0.2, 0.25) is 0 Å². The number of nitrogens with zero attached hydrogens (tertiary/aromatic N) is 5. The van der Waals surface area contributed by atoms with Gasteiger partial charge in [0.2, 0.25) is 5.88 Å². The van der Waals surface area contributed by atoms with E-state index < -0.39 is 0 Å². The average molecular weight is 441 g/mol. The summed E-state index contributed by atoms with van der Waals surface area (Å²) >= 11 is 2.93. The van der Waals surface area contributed by atoms with E-state index in [1.54, 1.807) is 42.1 Å². The number of hydrogen-bond acceptors (Lipinski definition) is 9. The lowest BCUT2D eigenvalue weighted by atomic mass is 10.2. The Morgan fingerprint density at radius 2 is 2.13 bits per heavy atom. The molecule has 154 valence electrons. The minimum atomic E-state index is -0.0586. The number of aryl methyl sites for hydroxylation is 1. The highest BCUT2D eigenvalue weighted by Crippen LogP contribution is 2.34. The Morgan fingerprint density at radius 3 is 2.90 bits per heavy atom. The summed E-state index contributed by atoms with van der Waals surface area (Å²) in [5.74, 6) is 1.18. The molecule has 0 aromatic carbocycles. The van der Waals surface area contributed by atoms with Gasteiger partial charge < -0.3 is 15.0 Å². The molecule has 0 atom stereocenters. The van der Waals surface area contributed by atoms with Crippen LogP contribution in [0.5, 0.6) is 5.88 Å². The molecule has 0 aliphatic heterocycles. The molecular formula is C20H20N6O2S2. The molecule has 0 fully saturated rings. The number of carbonyl (C=O) groups is 1. The molecule has 0 spiro atoms. The van der Waals surface area contributed by atoms with Gasteiger partial charge in [-0.1, -0.05) is 0 Å². The first-order chi connectivity index (χ1) is 14.6. The van der Waals surface area contributed by atoms with Crippen molar-refractivity contribution in [1.29, 1.82) is 0 Å². The third kappa shape index (κ3) is 4.10. The van der Waals surface area contributed by atoms with E-state index in [-0.39, 0.29) is 5.91 Å². The third-order valence-electron chi connectivity index (χ3n) is 4.62. The van der Waals surface area contributed by atoms with Crippen LogP contribution in [-0.2, 0) is 13.1 Å². The summed E-state index contributed by atoms with van der Waals surface area (Å²) in [6.07, 6.45) is 3.19. The monoisotopic (exact) mass is 440 g/mol. The molecule has 0 saturated heterocycles. The fourth-order valence-corrected chi connectivity index (χ4v) is 4.79. The molecule has 8 nitrogen and oxygen atoms in total. The van der Waals surface area contributed by atoms with Crippen LogP contribution in [0, 0.1) is 6.92 Å². The van der Waals surface area contributed by atoms with E-state index in [2.05, 4.69) is 25.3 Å². The number of anilines is 1. The van der Waals surface area contributed by atoms with Crippen molar-refractivity contribution >= 4 is 44.6 Å². The van der Waals surface area contributed by atoms with E-state index in [0.29, 0.717) is 29.7 Å². The van der Waals surface area contributed by atoms with Crippen molar-refractivity contribution in [2.75, 3.05) is 19.5 Å². The fourth-order valence-electron chi connectivity index (χ4n) is 3.09. The van der Waals surface area contributed by atoms with E-state index in [9.17, 15) is 4.79 Å². The topological polar surface area (TPSA) is 93.1 Å². The standard InChI is InChI=1S/C20H20N6O2S2/c1-12-16-18(22-7-14-9-29-11-25-14)23-10-24-19(16)30-17(12)20(27)26(2)8-13-4-5-21-15(6-13)28-3/h4-6,9-11H,7-8H2,1-3H3,(H,22,23,24). The lowest BCUT2D eigenvalue weighted by Crippen LogP contribution is -2.26. The van der Waals surface area contributed by atoms with Gasteiger partial charge in [-0.2, -0.15) is 0 Å². The first-order valence-electron chi connectivity index (χ1n) is 9.16. The zero-order valence-electron chi connectivity index (χ0n) is 16.7. The molecular weight excluding hydrogens is 420 g/mol. The number of hydrogen-bond donors (Lipinski definition) is 1. The summed E-state index contributed by atoms with van der Waals surface area (Å²) in [7, 11) is 3.36. The first-order valence-corrected chi connectivity index (χ1v) is 10.9. The molecule has 0 unspecified atom stereocenters. The molecule has 0 saturated carbocycles. The number of pyridine rings is 1. The molecule has 1 N–H and O–H groups in total. The second-order valence-electron chi connectivity index (χ2n) is 6.66. The Hall–Kier alpha value is -3.11. The highest BCUT2D eigenvalue weighted by molar-refractivity contribution is 7.20. The van der Waals surface area contributed by atoms with E-state index in [1.807, 2.05) is 24.4 Å². The highest BCUT2D eigenvalue weighted by Gasteiger charge is 2.22. The van der Waals surface area contributed by atoms with E-state index in [1.165, 1.54) is 17.7 Å². The Kier molecular flexibility index (Phi) is 5.86. The van der Waals surface area contributed by atoms with Gasteiger partial charge in [0.15, 0.2) is 0 Å². The van der Waals surface area contributed by atoms with Crippen LogP contribution in [0.4, 0.5) is 5.82 Å². The molecule has 1 amide bonds. The smallest absolute Gasteiger partial charge is 0.264 e. The third-order valence-corrected chi connectivity index (χ3v) is 6.44. The van der Waals surface area contributed by atoms with Crippen molar-refractivity contribution in [2.45, 2.75) is 20.0 Å². The van der Waals surface area contributed by atoms with Gasteiger partial charge in [-0.05, 0) is 24.1 Å². The van der Waals surface area contributed by atoms with Gasteiger partial charge >= 0.3 is 0 Å². The van der Waals surface area contributed by atoms with Crippen molar-refractivity contribution in [3.8, 4) is 5.88 Å². The Balaban J connectivity index is 1.58. The molecule has 30 heavy (non-hydrogen) atoms. The van der Waals surface area contributed by atoms with Gasteiger partial charge in [0.1, 0.15) is 17.0 Å².